The third-order valence-corrected chi connectivity index (χ3v) is 6.20. The lowest BCUT2D eigenvalue weighted by molar-refractivity contribution is -0.0352. The van der Waals surface area contributed by atoms with Gasteiger partial charge in [-0.25, -0.2) is 22.0 Å². The van der Waals surface area contributed by atoms with Crippen LogP contribution < -0.4 is 0 Å². The summed E-state index contributed by atoms with van der Waals surface area (Å²) in [6, 6.07) is 0. The van der Waals surface area contributed by atoms with Gasteiger partial charge in [0.05, 0.1) is 5.60 Å². The third kappa shape index (κ3) is 7.82. The highest BCUT2D eigenvalue weighted by Crippen LogP contribution is 2.31. The minimum absolute atomic E-state index is 0.165. The van der Waals surface area contributed by atoms with Crippen LogP contribution in [-0.2, 0) is 11.2 Å². The molecule has 0 spiro atoms. The molecule has 6 heteroatoms. The van der Waals surface area contributed by atoms with Crippen molar-refractivity contribution < 1.29 is 26.7 Å². The van der Waals surface area contributed by atoms with Crippen LogP contribution in [-0.4, -0.2) is 12.7 Å². The van der Waals surface area contributed by atoms with E-state index in [0.717, 1.165) is 25.7 Å². The Kier molecular flexibility index (Phi) is 11.9. The van der Waals surface area contributed by atoms with E-state index in [0.29, 0.717) is 18.8 Å². The fraction of sp³-hybridized carbons (Fsp3) is 0.750. The zero-order valence-corrected chi connectivity index (χ0v) is 18.9. The Hall–Kier alpha value is -1.17. The quantitative estimate of drug-likeness (QED) is 0.116. The molecule has 0 aliphatic heterocycles. The van der Waals surface area contributed by atoms with Gasteiger partial charge in [-0.2, -0.15) is 0 Å². The van der Waals surface area contributed by atoms with E-state index in [1.165, 1.54) is 32.1 Å². The smallest absolute Gasteiger partial charge is 0.200 e. The summed E-state index contributed by atoms with van der Waals surface area (Å²) < 4.78 is 72.9. The average Bonchev–Trinajstić information content (AvgIpc) is 2.73. The summed E-state index contributed by atoms with van der Waals surface area (Å²) in [6.45, 7) is 6.34. The molecule has 0 N–H and O–H groups in total. The van der Waals surface area contributed by atoms with Gasteiger partial charge in [0.1, 0.15) is 0 Å². The van der Waals surface area contributed by atoms with E-state index >= 15 is 0 Å². The highest BCUT2D eigenvalue weighted by Gasteiger charge is 2.28. The lowest BCUT2D eigenvalue weighted by atomic mass is 9.82. The van der Waals surface area contributed by atoms with Crippen molar-refractivity contribution in [3.63, 3.8) is 0 Å². The predicted molar refractivity (Wildman–Crippen MR) is 111 cm³/mol. The molecule has 1 unspecified atom stereocenters. The second-order valence-corrected chi connectivity index (χ2v) is 8.71. The number of hydrogen-bond donors (Lipinski definition) is 0. The van der Waals surface area contributed by atoms with Crippen LogP contribution in [0.4, 0.5) is 22.0 Å². The fourth-order valence-corrected chi connectivity index (χ4v) is 3.92. The number of hydrogen-bond acceptors (Lipinski definition) is 1. The van der Waals surface area contributed by atoms with Crippen LogP contribution in [0.15, 0.2) is 0 Å². The van der Waals surface area contributed by atoms with Crippen LogP contribution in [0, 0.1) is 35.0 Å². The maximum absolute atomic E-state index is 13.8. The van der Waals surface area contributed by atoms with Crippen molar-refractivity contribution in [2.45, 2.75) is 103 Å². The minimum Gasteiger partial charge on any atom is -0.379 e. The van der Waals surface area contributed by atoms with Gasteiger partial charge in [0, 0.05) is 12.7 Å². The fourth-order valence-electron chi connectivity index (χ4n) is 3.92. The molecular weight excluding hydrogens is 399 g/mol. The number of halogens is 5. The van der Waals surface area contributed by atoms with E-state index in [1.807, 2.05) is 0 Å². The summed E-state index contributed by atoms with van der Waals surface area (Å²) in [5.41, 5.74) is -0.975. The van der Waals surface area contributed by atoms with Crippen LogP contribution in [0.1, 0.15) is 97.0 Å². The van der Waals surface area contributed by atoms with Crippen molar-refractivity contribution >= 4 is 0 Å². The number of benzene rings is 1. The van der Waals surface area contributed by atoms with Crippen LogP contribution in [0.2, 0.25) is 0 Å². The minimum atomic E-state index is -2.10. The average molecular weight is 437 g/mol. The van der Waals surface area contributed by atoms with Crippen LogP contribution in [0.5, 0.6) is 0 Å². The maximum Gasteiger partial charge on any atom is 0.200 e. The Morgan fingerprint density at radius 1 is 0.667 bits per heavy atom. The Morgan fingerprint density at radius 2 is 1.10 bits per heavy atom. The van der Waals surface area contributed by atoms with Gasteiger partial charge in [-0.3, -0.25) is 0 Å². The molecule has 0 fully saturated rings. The standard InChI is InChI=1S/C24H37F5O/c1-5-6-7-8-9-11-14-17(24(2,3)30-4)15-12-10-13-16-18-19(25)21(27)23(29)22(28)20(18)26/h17H,5-16H2,1-4H3. The van der Waals surface area contributed by atoms with E-state index in [2.05, 4.69) is 20.8 Å². The summed E-state index contributed by atoms with van der Waals surface area (Å²) in [5.74, 6) is -8.91. The first-order valence-electron chi connectivity index (χ1n) is 11.2. The zero-order valence-electron chi connectivity index (χ0n) is 18.9. The summed E-state index contributed by atoms with van der Waals surface area (Å²) in [4.78, 5) is 0. The Bertz CT molecular complexity index is 616. The topological polar surface area (TPSA) is 9.23 Å². The number of rotatable bonds is 15. The van der Waals surface area contributed by atoms with E-state index in [4.69, 9.17) is 4.74 Å². The number of ether oxygens (including phenoxy) is 1. The first-order chi connectivity index (χ1) is 14.2. The van der Waals surface area contributed by atoms with Crippen LogP contribution in [0.3, 0.4) is 0 Å². The van der Waals surface area contributed by atoms with Crippen LogP contribution >= 0.6 is 0 Å². The summed E-state index contributed by atoms with van der Waals surface area (Å²) >= 11 is 0. The SMILES string of the molecule is CCCCCCCCC(CCCCCc1c(F)c(F)c(F)c(F)c1F)C(C)(C)OC. The molecule has 0 heterocycles. The maximum atomic E-state index is 13.8. The number of methoxy groups -OCH3 is 1. The van der Waals surface area contributed by atoms with E-state index in [9.17, 15) is 22.0 Å². The van der Waals surface area contributed by atoms with Crippen molar-refractivity contribution in [2.75, 3.05) is 7.11 Å². The van der Waals surface area contributed by atoms with Crippen molar-refractivity contribution in [2.24, 2.45) is 5.92 Å². The zero-order chi connectivity index (χ0) is 22.7. The van der Waals surface area contributed by atoms with Crippen molar-refractivity contribution in [1.29, 1.82) is 0 Å². The lowest BCUT2D eigenvalue weighted by Crippen LogP contribution is -2.33. The summed E-state index contributed by atoms with van der Waals surface area (Å²) in [7, 11) is 1.71. The predicted octanol–water partition coefficient (Wildman–Crippen LogP) is 8.28. The lowest BCUT2D eigenvalue weighted by Gasteiger charge is -2.33. The molecule has 0 aliphatic rings. The molecule has 0 radical (unpaired) electrons. The van der Waals surface area contributed by atoms with Gasteiger partial charge in [0.25, 0.3) is 0 Å². The molecule has 1 nitrogen and oxygen atoms in total. The Morgan fingerprint density at radius 3 is 1.60 bits per heavy atom. The van der Waals surface area contributed by atoms with Crippen molar-refractivity contribution in [3.8, 4) is 0 Å². The highest BCUT2D eigenvalue weighted by molar-refractivity contribution is 5.24. The largest absolute Gasteiger partial charge is 0.379 e. The molecule has 0 bridgehead atoms. The van der Waals surface area contributed by atoms with E-state index < -0.39 is 34.6 Å². The van der Waals surface area contributed by atoms with Gasteiger partial charge in [0.15, 0.2) is 23.3 Å². The molecule has 174 valence electrons. The molecule has 30 heavy (non-hydrogen) atoms. The molecule has 1 aromatic carbocycles. The van der Waals surface area contributed by atoms with Gasteiger partial charge in [0.2, 0.25) is 5.82 Å². The first kappa shape index (κ1) is 26.9. The highest BCUT2D eigenvalue weighted by atomic mass is 19.2. The van der Waals surface area contributed by atoms with Crippen molar-refractivity contribution in [3.05, 3.63) is 34.6 Å². The van der Waals surface area contributed by atoms with Crippen molar-refractivity contribution in [1.82, 2.24) is 0 Å². The Labute approximate surface area is 178 Å². The molecule has 1 atom stereocenters. The van der Waals surface area contributed by atoms with Gasteiger partial charge < -0.3 is 4.74 Å². The van der Waals surface area contributed by atoms with Gasteiger partial charge in [-0.15, -0.1) is 0 Å². The normalized spacial score (nSPS) is 13.1. The second-order valence-electron chi connectivity index (χ2n) is 8.71. The van der Waals surface area contributed by atoms with Gasteiger partial charge >= 0.3 is 0 Å². The van der Waals surface area contributed by atoms with Gasteiger partial charge in [-0.05, 0) is 45.4 Å². The molecule has 0 amide bonds. The summed E-state index contributed by atoms with van der Waals surface area (Å²) in [6.07, 6.45) is 11.0. The molecule has 0 aromatic heterocycles. The first-order valence-corrected chi connectivity index (χ1v) is 11.2. The number of unbranched alkanes of at least 4 members (excludes halogenated alkanes) is 7. The van der Waals surface area contributed by atoms with Crippen LogP contribution in [0.25, 0.3) is 0 Å². The van der Waals surface area contributed by atoms with E-state index in [-0.39, 0.29) is 12.0 Å². The molecular formula is C24H37F5O. The molecule has 1 aromatic rings. The molecule has 0 saturated heterocycles. The molecule has 0 saturated carbocycles. The van der Waals surface area contributed by atoms with Gasteiger partial charge in [-0.1, -0.05) is 58.3 Å². The third-order valence-electron chi connectivity index (χ3n) is 6.20. The Balaban J connectivity index is 2.50. The second kappa shape index (κ2) is 13.3. The van der Waals surface area contributed by atoms with E-state index in [1.54, 1.807) is 7.11 Å². The molecule has 0 aliphatic carbocycles. The molecule has 1 rings (SSSR count). The monoisotopic (exact) mass is 436 g/mol. The summed E-state index contributed by atoms with van der Waals surface area (Å²) in [5, 5.41) is 0.